The highest BCUT2D eigenvalue weighted by molar-refractivity contribution is 5.93. The van der Waals surface area contributed by atoms with E-state index in [0.29, 0.717) is 22.1 Å². The normalized spacial score (nSPS) is 10.6. The van der Waals surface area contributed by atoms with Crippen molar-refractivity contribution in [3.63, 3.8) is 0 Å². The Morgan fingerprint density at radius 2 is 1.79 bits per heavy atom. The Morgan fingerprint density at radius 1 is 1.00 bits per heavy atom. The van der Waals surface area contributed by atoms with Gasteiger partial charge in [-0.15, -0.1) is 0 Å². The molecule has 0 amide bonds. The summed E-state index contributed by atoms with van der Waals surface area (Å²) in [7, 11) is 3.75. The predicted octanol–water partition coefficient (Wildman–Crippen LogP) is 3.39. The van der Waals surface area contributed by atoms with Crippen LogP contribution < -0.4 is 10.5 Å². The third kappa shape index (κ3) is 4.63. The number of anilines is 1. The molecule has 0 saturated heterocycles. The van der Waals surface area contributed by atoms with Crippen LogP contribution in [-0.2, 0) is 16.1 Å². The zero-order valence-corrected chi connectivity index (χ0v) is 16.4. The third-order valence-corrected chi connectivity index (χ3v) is 4.26. The third-order valence-electron chi connectivity index (χ3n) is 4.26. The Labute approximate surface area is 167 Å². The molecule has 0 N–H and O–H groups in total. The van der Waals surface area contributed by atoms with Crippen molar-refractivity contribution >= 4 is 28.6 Å². The van der Waals surface area contributed by atoms with Crippen LogP contribution in [0.2, 0.25) is 0 Å². The molecule has 29 heavy (non-hydrogen) atoms. The summed E-state index contributed by atoms with van der Waals surface area (Å²) in [5.41, 5.74) is 1.28. The average molecular weight is 395 g/mol. The molecule has 0 spiro atoms. The number of hydrogen-bond donors (Lipinski definition) is 0. The predicted molar refractivity (Wildman–Crippen MR) is 108 cm³/mol. The molecule has 0 fully saturated rings. The Kier molecular flexibility index (Phi) is 5.97. The van der Waals surface area contributed by atoms with Crippen LogP contribution in [0.4, 0.5) is 5.69 Å². The minimum Gasteiger partial charge on any atom is -0.462 e. The molecule has 0 aliphatic heterocycles. The van der Waals surface area contributed by atoms with E-state index in [1.54, 1.807) is 43.3 Å². The van der Waals surface area contributed by atoms with Gasteiger partial charge >= 0.3 is 17.6 Å². The van der Waals surface area contributed by atoms with Crippen molar-refractivity contribution < 1.29 is 23.5 Å². The Bertz CT molecular complexity index is 1120. The van der Waals surface area contributed by atoms with E-state index in [-0.39, 0.29) is 18.8 Å². The van der Waals surface area contributed by atoms with E-state index in [0.717, 1.165) is 5.69 Å². The molecule has 3 rings (SSSR count). The Hall–Kier alpha value is -3.61. The molecule has 2 aromatic carbocycles. The maximum Gasteiger partial charge on any atom is 0.351 e. The molecule has 7 heteroatoms. The standard InChI is InChI=1S/C22H21NO6/c1-4-27-20(24)16-7-5-6-14(10-16)13-28-21(25)18-11-15-8-9-17(23(2)3)12-19(15)29-22(18)26/h5-12H,4,13H2,1-3H3. The summed E-state index contributed by atoms with van der Waals surface area (Å²) >= 11 is 0. The highest BCUT2D eigenvalue weighted by atomic mass is 16.5. The number of rotatable bonds is 6. The molecule has 0 bridgehead atoms. The van der Waals surface area contributed by atoms with E-state index in [2.05, 4.69) is 0 Å². The van der Waals surface area contributed by atoms with Crippen molar-refractivity contribution in [3.8, 4) is 0 Å². The SMILES string of the molecule is CCOC(=O)c1cccc(COC(=O)c2cc3ccc(N(C)C)cc3oc2=O)c1. The van der Waals surface area contributed by atoms with E-state index >= 15 is 0 Å². The molecule has 7 nitrogen and oxygen atoms in total. The second-order valence-corrected chi connectivity index (χ2v) is 6.56. The van der Waals surface area contributed by atoms with Crippen LogP contribution in [0.1, 0.15) is 33.2 Å². The first-order valence-corrected chi connectivity index (χ1v) is 9.07. The zero-order valence-electron chi connectivity index (χ0n) is 16.4. The van der Waals surface area contributed by atoms with Gasteiger partial charge < -0.3 is 18.8 Å². The van der Waals surface area contributed by atoms with Gasteiger partial charge in [0.05, 0.1) is 12.2 Å². The quantitative estimate of drug-likeness (QED) is 0.467. The van der Waals surface area contributed by atoms with Gasteiger partial charge in [0, 0.05) is 31.2 Å². The molecule has 3 aromatic rings. The molecule has 0 aliphatic carbocycles. The number of esters is 2. The Balaban J connectivity index is 1.77. The minimum absolute atomic E-state index is 0.0941. The molecule has 1 heterocycles. The number of hydrogen-bond acceptors (Lipinski definition) is 7. The lowest BCUT2D eigenvalue weighted by atomic mass is 10.1. The van der Waals surface area contributed by atoms with Crippen molar-refractivity contribution in [1.82, 2.24) is 0 Å². The van der Waals surface area contributed by atoms with Gasteiger partial charge in [0.15, 0.2) is 0 Å². The summed E-state index contributed by atoms with van der Waals surface area (Å²) in [6, 6.07) is 13.4. The zero-order chi connectivity index (χ0) is 21.0. The second-order valence-electron chi connectivity index (χ2n) is 6.56. The Morgan fingerprint density at radius 3 is 2.52 bits per heavy atom. The van der Waals surface area contributed by atoms with Crippen molar-refractivity contribution in [2.75, 3.05) is 25.6 Å². The first-order valence-electron chi connectivity index (χ1n) is 9.07. The van der Waals surface area contributed by atoms with Gasteiger partial charge in [-0.3, -0.25) is 0 Å². The first-order chi connectivity index (χ1) is 13.9. The summed E-state index contributed by atoms with van der Waals surface area (Å²) in [5, 5.41) is 0.617. The van der Waals surface area contributed by atoms with Crippen LogP contribution >= 0.6 is 0 Å². The summed E-state index contributed by atoms with van der Waals surface area (Å²) in [6.07, 6.45) is 0. The van der Waals surface area contributed by atoms with Gasteiger partial charge in [-0.05, 0) is 42.8 Å². The average Bonchev–Trinajstić information content (AvgIpc) is 2.71. The van der Waals surface area contributed by atoms with Gasteiger partial charge in [-0.2, -0.15) is 0 Å². The lowest BCUT2D eigenvalue weighted by Crippen LogP contribution is -2.16. The maximum atomic E-state index is 12.4. The van der Waals surface area contributed by atoms with Crippen LogP contribution in [0.3, 0.4) is 0 Å². The molecule has 0 radical (unpaired) electrons. The highest BCUT2D eigenvalue weighted by Crippen LogP contribution is 2.21. The summed E-state index contributed by atoms with van der Waals surface area (Å²) in [6.45, 7) is 1.90. The van der Waals surface area contributed by atoms with E-state index in [9.17, 15) is 14.4 Å². The van der Waals surface area contributed by atoms with Crippen LogP contribution in [0.25, 0.3) is 11.0 Å². The summed E-state index contributed by atoms with van der Waals surface area (Å²) < 4.78 is 15.5. The minimum atomic E-state index is -0.793. The summed E-state index contributed by atoms with van der Waals surface area (Å²) in [5.74, 6) is -1.24. The fourth-order valence-corrected chi connectivity index (χ4v) is 2.75. The largest absolute Gasteiger partial charge is 0.462 e. The molecule has 0 unspecified atom stereocenters. The monoisotopic (exact) mass is 395 g/mol. The molecular weight excluding hydrogens is 374 g/mol. The number of nitrogens with zero attached hydrogens (tertiary/aromatic N) is 1. The van der Waals surface area contributed by atoms with E-state index < -0.39 is 17.6 Å². The number of benzene rings is 2. The maximum absolute atomic E-state index is 12.4. The molecule has 0 saturated carbocycles. The summed E-state index contributed by atoms with van der Waals surface area (Å²) in [4.78, 5) is 38.3. The smallest absolute Gasteiger partial charge is 0.351 e. The van der Waals surface area contributed by atoms with Crippen molar-refractivity contribution in [2.45, 2.75) is 13.5 Å². The second kappa shape index (κ2) is 8.60. The number of fused-ring (bicyclic) bond motifs is 1. The fourth-order valence-electron chi connectivity index (χ4n) is 2.75. The van der Waals surface area contributed by atoms with Crippen molar-refractivity contribution in [2.24, 2.45) is 0 Å². The van der Waals surface area contributed by atoms with Gasteiger partial charge in [0.1, 0.15) is 17.8 Å². The van der Waals surface area contributed by atoms with Gasteiger partial charge in [0.25, 0.3) is 0 Å². The lowest BCUT2D eigenvalue weighted by molar-refractivity contribution is 0.0468. The van der Waals surface area contributed by atoms with E-state index in [1.165, 1.54) is 6.07 Å². The highest BCUT2D eigenvalue weighted by Gasteiger charge is 2.16. The van der Waals surface area contributed by atoms with Gasteiger partial charge in [0.2, 0.25) is 0 Å². The number of ether oxygens (including phenoxy) is 2. The van der Waals surface area contributed by atoms with Gasteiger partial charge in [-0.1, -0.05) is 12.1 Å². The van der Waals surface area contributed by atoms with Crippen LogP contribution in [0.5, 0.6) is 0 Å². The topological polar surface area (TPSA) is 86.1 Å². The fraction of sp³-hybridized carbons (Fsp3) is 0.227. The van der Waals surface area contributed by atoms with Crippen molar-refractivity contribution in [3.05, 3.63) is 75.6 Å². The van der Waals surface area contributed by atoms with Crippen molar-refractivity contribution in [1.29, 1.82) is 0 Å². The van der Waals surface area contributed by atoms with Crippen LogP contribution in [0, 0.1) is 0 Å². The number of carbonyl (C=O) groups is 2. The van der Waals surface area contributed by atoms with E-state index in [1.807, 2.05) is 25.1 Å². The molecular formula is C22H21NO6. The van der Waals surface area contributed by atoms with Crippen LogP contribution in [-0.4, -0.2) is 32.6 Å². The first kappa shape index (κ1) is 20.1. The lowest BCUT2D eigenvalue weighted by Gasteiger charge is -2.12. The van der Waals surface area contributed by atoms with Gasteiger partial charge in [-0.25, -0.2) is 14.4 Å². The van der Waals surface area contributed by atoms with E-state index in [4.69, 9.17) is 13.9 Å². The molecule has 150 valence electrons. The van der Waals surface area contributed by atoms with Crippen LogP contribution in [0.15, 0.2) is 57.7 Å². The molecule has 0 atom stereocenters. The number of carbonyl (C=O) groups excluding carboxylic acids is 2. The molecule has 1 aromatic heterocycles. The molecule has 0 aliphatic rings.